The zero-order chi connectivity index (χ0) is 18.8. The summed E-state index contributed by atoms with van der Waals surface area (Å²) in [7, 11) is 1.80. The van der Waals surface area contributed by atoms with E-state index in [2.05, 4.69) is 17.2 Å². The third kappa shape index (κ3) is 3.87. The molecule has 2 aromatic heterocycles. The number of aryl methyl sites for hydroxylation is 4. The van der Waals surface area contributed by atoms with Crippen LogP contribution in [-0.2, 0) is 26.5 Å². The summed E-state index contributed by atoms with van der Waals surface area (Å²) in [4.78, 5) is 12.3. The van der Waals surface area contributed by atoms with Crippen LogP contribution in [0.4, 0.5) is 0 Å². The summed E-state index contributed by atoms with van der Waals surface area (Å²) >= 11 is 0. The molecule has 0 saturated heterocycles. The monoisotopic (exact) mass is 362 g/mol. The lowest BCUT2D eigenvalue weighted by Gasteiger charge is -2.06. The lowest BCUT2D eigenvalue weighted by atomic mass is 10.1. The van der Waals surface area contributed by atoms with E-state index in [4.69, 9.17) is 9.15 Å². The molecule has 1 aliphatic carbocycles. The first-order valence-corrected chi connectivity index (χ1v) is 9.14. The van der Waals surface area contributed by atoms with Gasteiger partial charge in [0.05, 0.1) is 11.3 Å². The number of carbonyl (C=O) groups excluding carboxylic acids is 1. The van der Waals surface area contributed by atoms with Gasteiger partial charge < -0.3 is 9.15 Å². The predicted octanol–water partition coefficient (Wildman–Crippen LogP) is 4.29. The van der Waals surface area contributed by atoms with Crippen LogP contribution in [0.1, 0.15) is 45.1 Å². The van der Waals surface area contributed by atoms with E-state index in [-0.39, 0.29) is 5.78 Å². The van der Waals surface area contributed by atoms with Crippen molar-refractivity contribution in [2.75, 3.05) is 0 Å². The van der Waals surface area contributed by atoms with Gasteiger partial charge in [0.25, 0.3) is 0 Å². The second kappa shape index (κ2) is 7.27. The lowest BCUT2D eigenvalue weighted by Crippen LogP contribution is -1.95. The Morgan fingerprint density at radius 3 is 2.93 bits per heavy atom. The fourth-order valence-corrected chi connectivity index (χ4v) is 3.44. The molecule has 0 unspecified atom stereocenters. The van der Waals surface area contributed by atoms with Crippen LogP contribution in [0, 0.1) is 6.92 Å². The number of fused-ring (bicyclic) bond motifs is 1. The Morgan fingerprint density at radius 1 is 1.26 bits per heavy atom. The first-order chi connectivity index (χ1) is 13.1. The maximum absolute atomic E-state index is 12.3. The van der Waals surface area contributed by atoms with Gasteiger partial charge in [-0.1, -0.05) is 6.07 Å². The molecule has 5 heteroatoms. The number of rotatable bonds is 6. The number of ether oxygens (including phenoxy) is 1. The molecule has 4 rings (SSSR count). The maximum atomic E-state index is 12.3. The summed E-state index contributed by atoms with van der Waals surface area (Å²) in [6.07, 6.45) is 8.43. The van der Waals surface area contributed by atoms with Crippen molar-refractivity contribution in [2.24, 2.45) is 7.05 Å². The zero-order valence-electron chi connectivity index (χ0n) is 15.6. The van der Waals surface area contributed by atoms with Gasteiger partial charge in [0.2, 0.25) is 0 Å². The van der Waals surface area contributed by atoms with E-state index in [1.165, 1.54) is 30.0 Å². The number of allylic oxidation sites excluding steroid dienone is 1. The molecule has 2 heterocycles. The summed E-state index contributed by atoms with van der Waals surface area (Å²) in [5, 5.41) is 4.19. The second-order valence-electron chi connectivity index (χ2n) is 6.88. The van der Waals surface area contributed by atoms with E-state index < -0.39 is 0 Å². The van der Waals surface area contributed by atoms with E-state index in [9.17, 15) is 4.79 Å². The predicted molar refractivity (Wildman–Crippen MR) is 103 cm³/mol. The molecule has 0 spiro atoms. The van der Waals surface area contributed by atoms with Crippen LogP contribution < -0.4 is 4.74 Å². The molecule has 0 bridgehead atoms. The highest BCUT2D eigenvalue weighted by Gasteiger charge is 2.12. The lowest BCUT2D eigenvalue weighted by molar-refractivity contribution is 0.104. The van der Waals surface area contributed by atoms with Gasteiger partial charge in [-0.3, -0.25) is 9.48 Å². The summed E-state index contributed by atoms with van der Waals surface area (Å²) in [6.45, 7) is 2.19. The van der Waals surface area contributed by atoms with Gasteiger partial charge in [-0.05, 0) is 73.7 Å². The highest BCUT2D eigenvalue weighted by molar-refractivity contribution is 6.07. The van der Waals surface area contributed by atoms with E-state index in [1.807, 2.05) is 25.1 Å². The van der Waals surface area contributed by atoms with Crippen molar-refractivity contribution in [2.45, 2.75) is 32.8 Å². The topological polar surface area (TPSA) is 57.3 Å². The van der Waals surface area contributed by atoms with Gasteiger partial charge in [-0.15, -0.1) is 0 Å². The quantitative estimate of drug-likeness (QED) is 0.485. The van der Waals surface area contributed by atoms with Crippen LogP contribution in [0.3, 0.4) is 0 Å². The van der Waals surface area contributed by atoms with Gasteiger partial charge in [0.1, 0.15) is 23.9 Å². The molecule has 1 aromatic carbocycles. The van der Waals surface area contributed by atoms with Gasteiger partial charge in [0.15, 0.2) is 5.78 Å². The smallest absolute Gasteiger partial charge is 0.189 e. The average Bonchev–Trinajstić information content (AvgIpc) is 3.37. The number of hydrogen-bond donors (Lipinski definition) is 0. The van der Waals surface area contributed by atoms with Crippen LogP contribution in [0.15, 0.2) is 47.0 Å². The maximum Gasteiger partial charge on any atom is 0.189 e. The highest BCUT2D eigenvalue weighted by atomic mass is 16.5. The van der Waals surface area contributed by atoms with E-state index in [1.54, 1.807) is 24.0 Å². The van der Waals surface area contributed by atoms with Crippen molar-refractivity contribution in [3.63, 3.8) is 0 Å². The SMILES string of the molecule is Cc1nn(C)cc1C(=O)/C=C/c1ccc(COc2ccc3c(c2)CCC3)o1. The number of benzene rings is 1. The van der Waals surface area contributed by atoms with Crippen molar-refractivity contribution in [1.82, 2.24) is 9.78 Å². The van der Waals surface area contributed by atoms with Gasteiger partial charge in [-0.25, -0.2) is 0 Å². The number of nitrogens with zero attached hydrogens (tertiary/aromatic N) is 2. The van der Waals surface area contributed by atoms with E-state index in [0.29, 0.717) is 17.9 Å². The molecule has 0 saturated carbocycles. The Bertz CT molecular complexity index is 1010. The molecule has 0 aliphatic heterocycles. The van der Waals surface area contributed by atoms with Crippen LogP contribution in [-0.4, -0.2) is 15.6 Å². The number of ketones is 1. The van der Waals surface area contributed by atoms with Crippen LogP contribution in [0.5, 0.6) is 5.75 Å². The third-order valence-electron chi connectivity index (χ3n) is 4.81. The van der Waals surface area contributed by atoms with Crippen molar-refractivity contribution in [3.05, 3.63) is 76.5 Å². The molecule has 138 valence electrons. The summed E-state index contributed by atoms with van der Waals surface area (Å²) in [5.74, 6) is 2.12. The Balaban J connectivity index is 1.37. The van der Waals surface area contributed by atoms with Gasteiger partial charge >= 0.3 is 0 Å². The Morgan fingerprint density at radius 2 is 2.11 bits per heavy atom. The largest absolute Gasteiger partial charge is 0.486 e. The first-order valence-electron chi connectivity index (χ1n) is 9.14. The number of furan rings is 1. The minimum Gasteiger partial charge on any atom is -0.486 e. The van der Waals surface area contributed by atoms with Gasteiger partial charge in [0, 0.05) is 13.2 Å². The summed E-state index contributed by atoms with van der Waals surface area (Å²) in [5.41, 5.74) is 4.14. The van der Waals surface area contributed by atoms with Crippen molar-refractivity contribution >= 4 is 11.9 Å². The number of aromatic nitrogens is 2. The molecular formula is C22H22N2O3. The standard InChI is InChI=1S/C22H22N2O3/c1-15-21(13-24(2)23-15)22(25)11-10-18-8-9-20(27-18)14-26-19-7-6-16-4-3-5-17(16)12-19/h6-13H,3-5,14H2,1-2H3/b11-10+. The zero-order valence-corrected chi connectivity index (χ0v) is 15.6. The molecular weight excluding hydrogens is 340 g/mol. The van der Waals surface area contributed by atoms with Crippen LogP contribution >= 0.6 is 0 Å². The molecule has 0 amide bonds. The molecule has 0 atom stereocenters. The van der Waals surface area contributed by atoms with Gasteiger partial charge in [-0.2, -0.15) is 5.10 Å². The molecule has 27 heavy (non-hydrogen) atoms. The first kappa shape index (κ1) is 17.3. The Hall–Kier alpha value is -3.08. The summed E-state index contributed by atoms with van der Waals surface area (Å²) < 4.78 is 13.2. The molecule has 0 fully saturated rings. The van der Waals surface area contributed by atoms with E-state index in [0.717, 1.165) is 23.6 Å². The summed E-state index contributed by atoms with van der Waals surface area (Å²) in [6, 6.07) is 10.00. The normalized spacial score (nSPS) is 13.3. The fourth-order valence-electron chi connectivity index (χ4n) is 3.44. The molecule has 0 radical (unpaired) electrons. The van der Waals surface area contributed by atoms with E-state index >= 15 is 0 Å². The minimum absolute atomic E-state index is 0.0899. The fraction of sp³-hybridized carbons (Fsp3) is 0.273. The molecule has 0 N–H and O–H groups in total. The highest BCUT2D eigenvalue weighted by Crippen LogP contribution is 2.26. The Labute approximate surface area is 158 Å². The van der Waals surface area contributed by atoms with Crippen molar-refractivity contribution < 1.29 is 13.9 Å². The average molecular weight is 362 g/mol. The molecule has 3 aromatic rings. The second-order valence-corrected chi connectivity index (χ2v) is 6.88. The van der Waals surface area contributed by atoms with Crippen LogP contribution in [0.2, 0.25) is 0 Å². The van der Waals surface area contributed by atoms with Crippen molar-refractivity contribution in [3.8, 4) is 5.75 Å². The molecule has 5 nitrogen and oxygen atoms in total. The number of hydrogen-bond acceptors (Lipinski definition) is 4. The minimum atomic E-state index is -0.0899. The van der Waals surface area contributed by atoms with Crippen LogP contribution in [0.25, 0.3) is 6.08 Å². The molecule has 1 aliphatic rings. The Kier molecular flexibility index (Phi) is 4.67. The third-order valence-corrected chi connectivity index (χ3v) is 4.81. The van der Waals surface area contributed by atoms with Crippen molar-refractivity contribution in [1.29, 1.82) is 0 Å². The number of carbonyl (C=O) groups is 1.